The average molecular weight is 714 g/mol. The van der Waals surface area contributed by atoms with Crippen molar-refractivity contribution in [1.29, 1.82) is 0 Å². The van der Waals surface area contributed by atoms with Gasteiger partial charge in [-0.1, -0.05) is 35.0 Å². The van der Waals surface area contributed by atoms with E-state index in [1.807, 2.05) is 6.07 Å². The predicted octanol–water partition coefficient (Wildman–Crippen LogP) is 5.69. The quantitative estimate of drug-likeness (QED) is 0.0906. The van der Waals surface area contributed by atoms with Crippen molar-refractivity contribution in [3.05, 3.63) is 105 Å². The van der Waals surface area contributed by atoms with Gasteiger partial charge in [-0.3, -0.25) is 9.59 Å². The van der Waals surface area contributed by atoms with Crippen molar-refractivity contribution >= 4 is 53.3 Å². The van der Waals surface area contributed by atoms with E-state index in [2.05, 4.69) is 31.1 Å². The number of benzene rings is 3. The predicted molar refractivity (Wildman–Crippen MR) is 178 cm³/mol. The van der Waals surface area contributed by atoms with Crippen molar-refractivity contribution in [2.24, 2.45) is 5.10 Å². The fraction of sp³-hybridized carbons (Fsp3) is 0.242. The Labute approximate surface area is 288 Å². The van der Waals surface area contributed by atoms with Crippen LogP contribution in [0.3, 0.4) is 0 Å². The molecule has 1 saturated heterocycles. The standard InChI is InChI=1S/C24H23N5O6.C9H8ClF3N2/c30-14-17-12-18(28-9-2-1-3-10-28)7-8-19(17)25-22(31)16-6-4-5-15(11-16)13-29-21(24(34)35)20(23(32)33)26-27-29;1-14-15-5-6-2-3-8(10)7(4-6)9(11,12)13/h4-8,11-12,14H,1-3,9-10,13H2,(H,25,31)(H,32,33)(H,34,35);2-5,14H,1H3/b;15-5+. The monoisotopic (exact) mass is 713 g/mol. The Morgan fingerprint density at radius 1 is 1.00 bits per heavy atom. The number of carbonyl (C=O) groups is 4. The van der Waals surface area contributed by atoms with E-state index in [-0.39, 0.29) is 17.1 Å². The number of aromatic nitrogens is 3. The molecular weight excluding hydrogens is 683 g/mol. The molecule has 1 fully saturated rings. The zero-order valence-electron chi connectivity index (χ0n) is 26.4. The maximum Gasteiger partial charge on any atom is 0.417 e. The van der Waals surface area contributed by atoms with Crippen LogP contribution in [0, 0.1) is 0 Å². The van der Waals surface area contributed by atoms with E-state index in [9.17, 15) is 37.5 Å². The van der Waals surface area contributed by atoms with Gasteiger partial charge in [0.25, 0.3) is 5.91 Å². The minimum Gasteiger partial charge on any atom is -0.476 e. The van der Waals surface area contributed by atoms with E-state index < -0.39 is 41.0 Å². The normalized spacial score (nSPS) is 12.9. The first-order valence-corrected chi connectivity index (χ1v) is 15.4. The van der Waals surface area contributed by atoms with Crippen molar-refractivity contribution in [1.82, 2.24) is 20.4 Å². The minimum atomic E-state index is -4.44. The second-order valence-corrected chi connectivity index (χ2v) is 11.3. The minimum absolute atomic E-state index is 0.104. The summed E-state index contributed by atoms with van der Waals surface area (Å²) in [4.78, 5) is 49.5. The number of aromatic carboxylic acids is 2. The lowest BCUT2D eigenvalue weighted by molar-refractivity contribution is -0.137. The number of alkyl halides is 3. The zero-order chi connectivity index (χ0) is 36.4. The lowest BCUT2D eigenvalue weighted by Crippen LogP contribution is -2.29. The molecule has 50 heavy (non-hydrogen) atoms. The van der Waals surface area contributed by atoms with Gasteiger partial charge in [0.2, 0.25) is 5.69 Å². The summed E-state index contributed by atoms with van der Waals surface area (Å²) in [6.45, 7) is 1.76. The molecule has 4 aromatic rings. The van der Waals surface area contributed by atoms with E-state index >= 15 is 0 Å². The Bertz CT molecular complexity index is 1910. The van der Waals surface area contributed by atoms with Crippen LogP contribution in [0.5, 0.6) is 0 Å². The zero-order valence-corrected chi connectivity index (χ0v) is 27.2. The topological polar surface area (TPSA) is 179 Å². The highest BCUT2D eigenvalue weighted by atomic mass is 35.5. The van der Waals surface area contributed by atoms with Gasteiger partial charge >= 0.3 is 18.1 Å². The summed E-state index contributed by atoms with van der Waals surface area (Å²) in [6.07, 6.45) is 0.945. The number of carbonyl (C=O) groups excluding carboxylic acids is 2. The van der Waals surface area contributed by atoms with Gasteiger partial charge in [-0.2, -0.15) is 18.3 Å². The molecule has 0 spiro atoms. The van der Waals surface area contributed by atoms with Gasteiger partial charge in [-0.05, 0) is 72.9 Å². The van der Waals surface area contributed by atoms with Crippen LogP contribution < -0.4 is 15.6 Å². The van der Waals surface area contributed by atoms with Crippen LogP contribution in [0.2, 0.25) is 5.02 Å². The summed E-state index contributed by atoms with van der Waals surface area (Å²) < 4.78 is 38.2. The van der Waals surface area contributed by atoms with E-state index in [4.69, 9.17) is 16.7 Å². The first-order valence-electron chi connectivity index (χ1n) is 15.0. The third kappa shape index (κ3) is 9.43. The highest BCUT2D eigenvalue weighted by Gasteiger charge is 2.33. The number of hydrazone groups is 1. The number of hydrogen-bond donors (Lipinski definition) is 4. The summed E-state index contributed by atoms with van der Waals surface area (Å²) >= 11 is 5.43. The number of nitrogens with one attached hydrogen (secondary N) is 2. The lowest BCUT2D eigenvalue weighted by Gasteiger charge is -2.29. The van der Waals surface area contributed by atoms with E-state index in [0.717, 1.165) is 42.4 Å². The van der Waals surface area contributed by atoms with Gasteiger partial charge in [0, 0.05) is 37.0 Å². The van der Waals surface area contributed by atoms with Gasteiger partial charge in [0.1, 0.15) is 0 Å². The van der Waals surface area contributed by atoms with Gasteiger partial charge in [-0.25, -0.2) is 14.3 Å². The fourth-order valence-corrected chi connectivity index (χ4v) is 5.27. The molecule has 13 nitrogen and oxygen atoms in total. The van der Waals surface area contributed by atoms with Gasteiger partial charge in [-0.15, -0.1) is 5.10 Å². The van der Waals surface area contributed by atoms with Crippen molar-refractivity contribution in [3.8, 4) is 0 Å². The molecule has 5 rings (SSSR count). The molecule has 2 heterocycles. The molecule has 1 aliphatic heterocycles. The molecule has 17 heteroatoms. The van der Waals surface area contributed by atoms with E-state index in [1.165, 1.54) is 30.8 Å². The number of amides is 1. The van der Waals surface area contributed by atoms with Crippen LogP contribution in [-0.2, 0) is 12.7 Å². The SMILES string of the molecule is CN/N=C/c1ccc(Cl)c(C(F)(F)F)c1.O=Cc1cc(N2CCCCC2)ccc1NC(=O)c1cccc(Cn2nnc(C(=O)O)c2C(=O)O)c1. The summed E-state index contributed by atoms with van der Waals surface area (Å²) in [5, 5.41) is 31.6. The van der Waals surface area contributed by atoms with Gasteiger partial charge < -0.3 is 25.9 Å². The van der Waals surface area contributed by atoms with Crippen LogP contribution >= 0.6 is 11.6 Å². The second kappa shape index (κ2) is 16.6. The van der Waals surface area contributed by atoms with Crippen molar-refractivity contribution in [3.63, 3.8) is 0 Å². The number of aldehydes is 1. The molecule has 0 saturated carbocycles. The maximum atomic E-state index is 12.9. The second-order valence-electron chi connectivity index (χ2n) is 10.9. The first-order chi connectivity index (χ1) is 23.8. The number of carboxylic acid groups (broad SMARTS) is 2. The average Bonchev–Trinajstić information content (AvgIpc) is 3.52. The van der Waals surface area contributed by atoms with Crippen LogP contribution in [0.4, 0.5) is 24.5 Å². The van der Waals surface area contributed by atoms with Crippen molar-refractivity contribution in [2.45, 2.75) is 32.0 Å². The summed E-state index contributed by atoms with van der Waals surface area (Å²) in [7, 11) is 1.55. The molecule has 1 amide bonds. The molecule has 3 aromatic carbocycles. The Kier molecular flexibility index (Phi) is 12.3. The number of anilines is 2. The van der Waals surface area contributed by atoms with Crippen LogP contribution in [-0.4, -0.2) is 75.7 Å². The number of carboxylic acids is 2. The Balaban J connectivity index is 0.000000314. The highest BCUT2D eigenvalue weighted by molar-refractivity contribution is 6.31. The van der Waals surface area contributed by atoms with Crippen LogP contribution in [0.1, 0.15) is 77.6 Å². The molecule has 0 atom stereocenters. The number of nitrogens with zero attached hydrogens (tertiary/aromatic N) is 5. The number of piperidine rings is 1. The molecule has 1 aromatic heterocycles. The molecule has 0 radical (unpaired) electrons. The third-order valence-corrected chi connectivity index (χ3v) is 7.76. The maximum absolute atomic E-state index is 12.9. The summed E-state index contributed by atoms with van der Waals surface area (Å²) in [6, 6.07) is 15.3. The molecule has 262 valence electrons. The van der Waals surface area contributed by atoms with E-state index in [0.29, 0.717) is 28.7 Å². The molecule has 0 bridgehead atoms. The van der Waals surface area contributed by atoms with Crippen LogP contribution in [0.15, 0.2) is 65.8 Å². The molecule has 0 aliphatic carbocycles. The highest BCUT2D eigenvalue weighted by Crippen LogP contribution is 2.35. The third-order valence-electron chi connectivity index (χ3n) is 7.43. The Hall–Kier alpha value is -5.77. The first kappa shape index (κ1) is 37.1. The summed E-state index contributed by atoms with van der Waals surface area (Å²) in [5.74, 6) is -3.43. The van der Waals surface area contributed by atoms with Gasteiger partial charge in [0.15, 0.2) is 12.0 Å². The molecular formula is C33H31ClF3N7O6. The van der Waals surface area contributed by atoms with Crippen LogP contribution in [0.25, 0.3) is 0 Å². The van der Waals surface area contributed by atoms with Gasteiger partial charge in [0.05, 0.1) is 29.0 Å². The summed E-state index contributed by atoms with van der Waals surface area (Å²) in [5.41, 5.74) is 3.17. The number of halogens is 4. The van der Waals surface area contributed by atoms with Crippen molar-refractivity contribution < 1.29 is 42.6 Å². The molecule has 0 unspecified atom stereocenters. The molecule has 1 aliphatic rings. The molecule has 4 N–H and O–H groups in total. The number of rotatable bonds is 10. The Morgan fingerprint density at radius 3 is 2.38 bits per heavy atom. The fourth-order valence-electron chi connectivity index (χ4n) is 5.05. The smallest absolute Gasteiger partial charge is 0.417 e. The number of hydrogen-bond acceptors (Lipinski definition) is 9. The Morgan fingerprint density at radius 2 is 1.74 bits per heavy atom. The lowest BCUT2D eigenvalue weighted by atomic mass is 10.1. The largest absolute Gasteiger partial charge is 0.476 e. The van der Waals surface area contributed by atoms with Crippen molar-refractivity contribution in [2.75, 3.05) is 30.4 Å². The van der Waals surface area contributed by atoms with E-state index in [1.54, 1.807) is 37.4 Å².